The van der Waals surface area contributed by atoms with Crippen LogP contribution in [0.1, 0.15) is 11.7 Å². The molecule has 0 amide bonds. The molecule has 0 radical (unpaired) electrons. The summed E-state index contributed by atoms with van der Waals surface area (Å²) < 4.78 is 16.1. The van der Waals surface area contributed by atoms with Gasteiger partial charge in [0.05, 0.1) is 32.0 Å². The molecule has 3 aromatic rings. The Balaban J connectivity index is 2.34. The van der Waals surface area contributed by atoms with Crippen LogP contribution in [-0.4, -0.2) is 47.4 Å². The van der Waals surface area contributed by atoms with Crippen LogP contribution in [0.3, 0.4) is 0 Å². The van der Waals surface area contributed by atoms with Crippen LogP contribution in [0.4, 0.5) is 0 Å². The largest absolute Gasteiger partial charge is 0.507 e. The number of hydrogen-bond donors (Lipinski definition) is 4. The number of phenolic OH excluding ortho intramolecular Hbond substituents is 1. The van der Waals surface area contributed by atoms with E-state index in [-0.39, 0.29) is 34.0 Å². The van der Waals surface area contributed by atoms with E-state index in [0.29, 0.717) is 10.9 Å². The standard InChI is InChI=1S/C20H20O8/c1-26-14-7-11(19(25)13(23)9-21)8-15(27-2)18(14)17-12(22)5-3-10-4-6-16(24)28-20(10)17/h3-8,13,19,21-23,25H,9H2,1-2H3/t13-,19+/m1/s1. The quantitative estimate of drug-likeness (QED) is 0.468. The zero-order chi connectivity index (χ0) is 20.4. The van der Waals surface area contributed by atoms with Gasteiger partial charge in [-0.25, -0.2) is 4.79 Å². The van der Waals surface area contributed by atoms with Crippen LogP contribution in [0.2, 0.25) is 0 Å². The van der Waals surface area contributed by atoms with Gasteiger partial charge in [0.15, 0.2) is 0 Å². The zero-order valence-corrected chi connectivity index (χ0v) is 15.2. The smallest absolute Gasteiger partial charge is 0.336 e. The summed E-state index contributed by atoms with van der Waals surface area (Å²) in [5, 5.41) is 40.1. The first kappa shape index (κ1) is 19.7. The molecule has 4 N–H and O–H groups in total. The number of aliphatic hydroxyl groups excluding tert-OH is 3. The summed E-state index contributed by atoms with van der Waals surface area (Å²) in [6, 6.07) is 8.79. The number of ether oxygens (including phenoxy) is 2. The van der Waals surface area contributed by atoms with E-state index in [1.165, 1.54) is 38.5 Å². The van der Waals surface area contributed by atoms with Crippen molar-refractivity contribution in [1.82, 2.24) is 0 Å². The highest BCUT2D eigenvalue weighted by Crippen LogP contribution is 2.47. The Kier molecular flexibility index (Phi) is 5.55. The summed E-state index contributed by atoms with van der Waals surface area (Å²) in [5.41, 5.74) is 0.285. The van der Waals surface area contributed by atoms with Crippen LogP contribution in [-0.2, 0) is 0 Å². The number of rotatable bonds is 6. The van der Waals surface area contributed by atoms with E-state index in [4.69, 9.17) is 19.0 Å². The predicted octanol–water partition coefficient (Wildman–Crippen LogP) is 1.57. The molecule has 0 aliphatic heterocycles. The second-order valence-electron chi connectivity index (χ2n) is 6.13. The predicted molar refractivity (Wildman–Crippen MR) is 101 cm³/mol. The number of hydrogen-bond acceptors (Lipinski definition) is 8. The maximum absolute atomic E-state index is 11.7. The first-order valence-electron chi connectivity index (χ1n) is 8.40. The third-order valence-corrected chi connectivity index (χ3v) is 4.44. The molecule has 2 aromatic carbocycles. The molecule has 2 atom stereocenters. The fourth-order valence-electron chi connectivity index (χ4n) is 3.03. The van der Waals surface area contributed by atoms with Crippen LogP contribution >= 0.6 is 0 Å². The summed E-state index contributed by atoms with van der Waals surface area (Å²) >= 11 is 0. The van der Waals surface area contributed by atoms with Gasteiger partial charge in [-0.2, -0.15) is 0 Å². The summed E-state index contributed by atoms with van der Waals surface area (Å²) in [4.78, 5) is 11.7. The molecule has 1 heterocycles. The highest BCUT2D eigenvalue weighted by atomic mass is 16.5. The van der Waals surface area contributed by atoms with Gasteiger partial charge in [0.25, 0.3) is 0 Å². The number of methoxy groups -OCH3 is 2. The summed E-state index contributed by atoms with van der Waals surface area (Å²) in [6.07, 6.45) is -2.79. The first-order valence-corrected chi connectivity index (χ1v) is 8.40. The average Bonchev–Trinajstić information content (AvgIpc) is 2.71. The van der Waals surface area contributed by atoms with Crippen molar-refractivity contribution in [3.8, 4) is 28.4 Å². The van der Waals surface area contributed by atoms with Crippen molar-refractivity contribution in [3.05, 3.63) is 52.4 Å². The Morgan fingerprint density at radius 1 is 1.00 bits per heavy atom. The molecule has 0 saturated heterocycles. The third kappa shape index (κ3) is 3.40. The maximum atomic E-state index is 11.7. The van der Waals surface area contributed by atoms with E-state index in [0.717, 1.165) is 0 Å². The second-order valence-corrected chi connectivity index (χ2v) is 6.13. The van der Waals surface area contributed by atoms with Crippen molar-refractivity contribution in [1.29, 1.82) is 0 Å². The van der Waals surface area contributed by atoms with Crippen molar-refractivity contribution in [2.45, 2.75) is 12.2 Å². The lowest BCUT2D eigenvalue weighted by Crippen LogP contribution is -2.22. The van der Waals surface area contributed by atoms with Gasteiger partial charge in [-0.3, -0.25) is 0 Å². The fourth-order valence-corrected chi connectivity index (χ4v) is 3.03. The number of benzene rings is 2. The van der Waals surface area contributed by atoms with Crippen LogP contribution in [0.25, 0.3) is 22.1 Å². The molecule has 148 valence electrons. The molecule has 1 aromatic heterocycles. The van der Waals surface area contributed by atoms with Gasteiger partial charge in [0, 0.05) is 11.5 Å². The Bertz CT molecular complexity index is 1030. The van der Waals surface area contributed by atoms with Gasteiger partial charge >= 0.3 is 5.63 Å². The molecule has 28 heavy (non-hydrogen) atoms. The average molecular weight is 388 g/mol. The molecular formula is C20H20O8. The van der Waals surface area contributed by atoms with Crippen LogP contribution < -0.4 is 15.1 Å². The zero-order valence-electron chi connectivity index (χ0n) is 15.2. The monoisotopic (exact) mass is 388 g/mol. The van der Waals surface area contributed by atoms with E-state index in [1.54, 1.807) is 12.1 Å². The summed E-state index contributed by atoms with van der Waals surface area (Å²) in [7, 11) is 2.77. The molecule has 3 rings (SSSR count). The number of fused-ring (bicyclic) bond motifs is 1. The Labute approximate surface area is 159 Å². The highest BCUT2D eigenvalue weighted by molar-refractivity contribution is 5.99. The van der Waals surface area contributed by atoms with E-state index >= 15 is 0 Å². The normalized spacial score (nSPS) is 13.3. The SMILES string of the molecule is COc1cc([C@H](O)[C@H](O)CO)cc(OC)c1-c1c(O)ccc2ccc(=O)oc12. The minimum Gasteiger partial charge on any atom is -0.507 e. The van der Waals surface area contributed by atoms with Crippen LogP contribution in [0, 0.1) is 0 Å². The van der Waals surface area contributed by atoms with Crippen molar-refractivity contribution in [2.75, 3.05) is 20.8 Å². The van der Waals surface area contributed by atoms with Gasteiger partial charge in [0.1, 0.15) is 35.0 Å². The van der Waals surface area contributed by atoms with Crippen molar-refractivity contribution in [2.24, 2.45) is 0 Å². The molecule has 0 bridgehead atoms. The molecule has 0 saturated carbocycles. The first-order chi connectivity index (χ1) is 13.4. The van der Waals surface area contributed by atoms with E-state index in [2.05, 4.69) is 0 Å². The number of aromatic hydroxyl groups is 1. The van der Waals surface area contributed by atoms with E-state index in [1.807, 2.05) is 0 Å². The van der Waals surface area contributed by atoms with Crippen molar-refractivity contribution < 1.29 is 34.3 Å². The lowest BCUT2D eigenvalue weighted by Gasteiger charge is -2.21. The van der Waals surface area contributed by atoms with Crippen LogP contribution in [0.15, 0.2) is 45.6 Å². The summed E-state index contributed by atoms with van der Waals surface area (Å²) in [6.45, 7) is -0.636. The van der Waals surface area contributed by atoms with Gasteiger partial charge < -0.3 is 34.3 Å². The minimum absolute atomic E-state index is 0.146. The molecule has 0 fully saturated rings. The molecule has 8 heteroatoms. The topological polar surface area (TPSA) is 130 Å². The molecule has 0 aliphatic carbocycles. The third-order valence-electron chi connectivity index (χ3n) is 4.44. The fraction of sp³-hybridized carbons (Fsp3) is 0.250. The number of phenols is 1. The Hall–Kier alpha value is -3.07. The van der Waals surface area contributed by atoms with Gasteiger partial charge in [-0.15, -0.1) is 0 Å². The van der Waals surface area contributed by atoms with Gasteiger partial charge in [0.2, 0.25) is 0 Å². The Morgan fingerprint density at radius 3 is 2.18 bits per heavy atom. The maximum Gasteiger partial charge on any atom is 0.336 e. The molecule has 8 nitrogen and oxygen atoms in total. The Morgan fingerprint density at radius 2 is 1.61 bits per heavy atom. The minimum atomic E-state index is -1.40. The second kappa shape index (κ2) is 7.89. The lowest BCUT2D eigenvalue weighted by atomic mass is 9.95. The number of aliphatic hydroxyl groups is 3. The van der Waals surface area contributed by atoms with Gasteiger partial charge in [-0.05, 0) is 35.9 Å². The molecule has 0 aliphatic rings. The molecule has 0 spiro atoms. The van der Waals surface area contributed by atoms with Crippen LogP contribution in [0.5, 0.6) is 17.2 Å². The lowest BCUT2D eigenvalue weighted by molar-refractivity contribution is -0.0154. The highest BCUT2D eigenvalue weighted by Gasteiger charge is 2.25. The van der Waals surface area contributed by atoms with E-state index < -0.39 is 24.4 Å². The van der Waals surface area contributed by atoms with Crippen molar-refractivity contribution in [3.63, 3.8) is 0 Å². The van der Waals surface area contributed by atoms with E-state index in [9.17, 15) is 20.1 Å². The van der Waals surface area contributed by atoms with Gasteiger partial charge in [-0.1, -0.05) is 0 Å². The molecule has 0 unspecified atom stereocenters. The summed E-state index contributed by atoms with van der Waals surface area (Å²) in [5.74, 6) is 0.239. The van der Waals surface area contributed by atoms with Crippen molar-refractivity contribution >= 4 is 11.0 Å². The molecular weight excluding hydrogens is 368 g/mol.